The maximum Gasteiger partial charge on any atom is 0.0810 e. The van der Waals surface area contributed by atoms with E-state index >= 15 is 0 Å². The van der Waals surface area contributed by atoms with E-state index in [2.05, 4.69) is 5.32 Å². The Bertz CT molecular complexity index is 162. The molecular formula is C8H16N2O. The largest absolute Gasteiger partial charge is 0.388 e. The zero-order valence-electron chi connectivity index (χ0n) is 6.71. The van der Waals surface area contributed by atoms with Gasteiger partial charge in [-0.25, -0.2) is 0 Å². The highest BCUT2D eigenvalue weighted by Gasteiger charge is 2.44. The van der Waals surface area contributed by atoms with Crippen molar-refractivity contribution in [1.82, 2.24) is 5.32 Å². The molecule has 64 valence electrons. The van der Waals surface area contributed by atoms with Crippen molar-refractivity contribution in [3.8, 4) is 0 Å². The summed E-state index contributed by atoms with van der Waals surface area (Å²) in [6.07, 6.45) is 3.09. The lowest BCUT2D eigenvalue weighted by Gasteiger charge is -2.36. The number of hydrogen-bond donors (Lipinski definition) is 3. The fraction of sp³-hybridized carbons (Fsp3) is 1.00. The van der Waals surface area contributed by atoms with Crippen LogP contribution >= 0.6 is 0 Å². The highest BCUT2D eigenvalue weighted by Crippen LogP contribution is 2.36. The van der Waals surface area contributed by atoms with Crippen LogP contribution in [-0.4, -0.2) is 29.8 Å². The van der Waals surface area contributed by atoms with Crippen LogP contribution in [0.4, 0.5) is 0 Å². The first-order valence-corrected chi connectivity index (χ1v) is 4.40. The van der Waals surface area contributed by atoms with Crippen molar-refractivity contribution < 1.29 is 5.11 Å². The van der Waals surface area contributed by atoms with Gasteiger partial charge in [-0.05, 0) is 19.3 Å². The molecular weight excluding hydrogens is 140 g/mol. The lowest BCUT2D eigenvalue weighted by Crippen LogP contribution is -2.47. The predicted octanol–water partition coefficient (Wildman–Crippen LogP) is -0.552. The molecule has 3 nitrogen and oxygen atoms in total. The van der Waals surface area contributed by atoms with Crippen LogP contribution in [0, 0.1) is 5.92 Å². The van der Waals surface area contributed by atoms with Crippen molar-refractivity contribution in [2.75, 3.05) is 13.1 Å². The zero-order valence-corrected chi connectivity index (χ0v) is 6.71. The van der Waals surface area contributed by atoms with Gasteiger partial charge in [0.25, 0.3) is 0 Å². The van der Waals surface area contributed by atoms with Gasteiger partial charge in [-0.15, -0.1) is 0 Å². The van der Waals surface area contributed by atoms with Gasteiger partial charge in [0, 0.05) is 25.0 Å². The molecule has 1 saturated heterocycles. The summed E-state index contributed by atoms with van der Waals surface area (Å²) in [6.45, 7) is 1.38. The van der Waals surface area contributed by atoms with Gasteiger partial charge in [0.15, 0.2) is 0 Å². The summed E-state index contributed by atoms with van der Waals surface area (Å²) in [7, 11) is 0. The summed E-state index contributed by atoms with van der Waals surface area (Å²) in [6, 6.07) is 0.659. The zero-order chi connectivity index (χ0) is 7.90. The summed E-state index contributed by atoms with van der Waals surface area (Å²) < 4.78 is 0. The molecule has 3 unspecified atom stereocenters. The minimum atomic E-state index is -0.556. The molecule has 1 aliphatic carbocycles. The highest BCUT2D eigenvalue weighted by molar-refractivity contribution is 5.00. The van der Waals surface area contributed by atoms with Crippen LogP contribution in [0.5, 0.6) is 0 Å². The second kappa shape index (κ2) is 2.44. The number of nitrogens with one attached hydrogen (secondary N) is 1. The molecule has 0 radical (unpaired) electrons. The van der Waals surface area contributed by atoms with Gasteiger partial charge in [-0.3, -0.25) is 0 Å². The predicted molar refractivity (Wildman–Crippen MR) is 43.1 cm³/mol. The molecule has 2 aliphatic rings. The molecule has 2 fully saturated rings. The molecule has 2 rings (SSSR count). The van der Waals surface area contributed by atoms with E-state index in [0.29, 0.717) is 18.5 Å². The molecule has 1 aliphatic heterocycles. The lowest BCUT2D eigenvalue weighted by molar-refractivity contribution is -0.0246. The smallest absolute Gasteiger partial charge is 0.0810 e. The number of rotatable bonds is 1. The van der Waals surface area contributed by atoms with Gasteiger partial charge >= 0.3 is 0 Å². The number of aliphatic hydroxyl groups is 1. The molecule has 3 atom stereocenters. The Morgan fingerprint density at radius 3 is 3.18 bits per heavy atom. The average molecular weight is 156 g/mol. The molecule has 4 N–H and O–H groups in total. The maximum absolute atomic E-state index is 10.0. The monoisotopic (exact) mass is 156 g/mol. The summed E-state index contributed by atoms with van der Waals surface area (Å²) in [4.78, 5) is 0. The van der Waals surface area contributed by atoms with Gasteiger partial charge in [-0.2, -0.15) is 0 Å². The number of hydrogen-bond acceptors (Lipinski definition) is 3. The lowest BCUT2D eigenvalue weighted by atomic mass is 9.76. The summed E-state index contributed by atoms with van der Waals surface area (Å²) in [5.74, 6) is 0.409. The Kier molecular flexibility index (Phi) is 1.67. The second-order valence-electron chi connectivity index (χ2n) is 3.88. The van der Waals surface area contributed by atoms with Crippen LogP contribution in [0.15, 0.2) is 0 Å². The number of fused-ring (bicyclic) bond motifs is 2. The van der Waals surface area contributed by atoms with E-state index in [0.717, 1.165) is 25.8 Å². The Morgan fingerprint density at radius 1 is 1.64 bits per heavy atom. The van der Waals surface area contributed by atoms with E-state index in [4.69, 9.17) is 5.73 Å². The van der Waals surface area contributed by atoms with Gasteiger partial charge in [-0.1, -0.05) is 0 Å². The van der Waals surface area contributed by atoms with Gasteiger partial charge in [0.1, 0.15) is 0 Å². The van der Waals surface area contributed by atoms with Crippen LogP contribution in [0.25, 0.3) is 0 Å². The minimum Gasteiger partial charge on any atom is -0.388 e. The van der Waals surface area contributed by atoms with Crippen LogP contribution in [0.1, 0.15) is 19.3 Å². The van der Waals surface area contributed by atoms with E-state index in [-0.39, 0.29) is 0 Å². The van der Waals surface area contributed by atoms with E-state index in [9.17, 15) is 5.11 Å². The van der Waals surface area contributed by atoms with Crippen molar-refractivity contribution in [3.05, 3.63) is 0 Å². The second-order valence-corrected chi connectivity index (χ2v) is 3.88. The topological polar surface area (TPSA) is 58.3 Å². The Morgan fingerprint density at radius 2 is 2.45 bits per heavy atom. The van der Waals surface area contributed by atoms with E-state index in [1.807, 2.05) is 0 Å². The quantitative estimate of drug-likeness (QED) is 0.477. The molecule has 3 heteroatoms. The maximum atomic E-state index is 10.0. The van der Waals surface area contributed by atoms with E-state index < -0.39 is 5.60 Å². The van der Waals surface area contributed by atoms with Gasteiger partial charge in [0.05, 0.1) is 5.60 Å². The Balaban J connectivity index is 2.12. The fourth-order valence-electron chi connectivity index (χ4n) is 2.35. The van der Waals surface area contributed by atoms with Crippen LogP contribution < -0.4 is 11.1 Å². The molecule has 0 amide bonds. The number of nitrogens with two attached hydrogens (primary N) is 1. The summed E-state index contributed by atoms with van der Waals surface area (Å²) >= 11 is 0. The Hall–Kier alpha value is -0.120. The van der Waals surface area contributed by atoms with Crippen molar-refractivity contribution in [3.63, 3.8) is 0 Å². The first kappa shape index (κ1) is 7.53. The molecule has 0 aromatic carbocycles. The van der Waals surface area contributed by atoms with Gasteiger partial charge < -0.3 is 16.2 Å². The van der Waals surface area contributed by atoms with Crippen molar-refractivity contribution >= 4 is 0 Å². The first-order chi connectivity index (χ1) is 5.24. The van der Waals surface area contributed by atoms with Crippen LogP contribution in [0.2, 0.25) is 0 Å². The molecule has 2 bridgehead atoms. The molecule has 11 heavy (non-hydrogen) atoms. The minimum absolute atomic E-state index is 0.409. The average Bonchev–Trinajstić information content (AvgIpc) is 2.44. The molecule has 0 aromatic rings. The fourth-order valence-corrected chi connectivity index (χ4v) is 2.35. The molecule has 1 heterocycles. The molecule has 1 saturated carbocycles. The SMILES string of the molecule is NCC1(O)CCC2CC1CN2. The van der Waals surface area contributed by atoms with Crippen LogP contribution in [-0.2, 0) is 0 Å². The third-order valence-corrected chi connectivity index (χ3v) is 3.26. The van der Waals surface area contributed by atoms with E-state index in [1.165, 1.54) is 0 Å². The highest BCUT2D eigenvalue weighted by atomic mass is 16.3. The summed E-state index contributed by atoms with van der Waals surface area (Å²) in [5, 5.41) is 13.4. The molecule has 0 aromatic heterocycles. The van der Waals surface area contributed by atoms with Crippen molar-refractivity contribution in [2.24, 2.45) is 11.7 Å². The van der Waals surface area contributed by atoms with Gasteiger partial charge in [0.2, 0.25) is 0 Å². The summed E-state index contributed by atoms with van der Waals surface area (Å²) in [5.41, 5.74) is 4.99. The van der Waals surface area contributed by atoms with E-state index in [1.54, 1.807) is 0 Å². The van der Waals surface area contributed by atoms with Crippen LogP contribution in [0.3, 0.4) is 0 Å². The van der Waals surface area contributed by atoms with Crippen molar-refractivity contribution in [2.45, 2.75) is 30.9 Å². The molecule has 0 spiro atoms. The standard InChI is InChI=1S/C8H16N2O/c9-5-8(11)2-1-7-3-6(8)4-10-7/h6-7,10-11H,1-5,9H2. The third kappa shape index (κ3) is 1.08. The first-order valence-electron chi connectivity index (χ1n) is 4.40. The van der Waals surface area contributed by atoms with Crippen molar-refractivity contribution in [1.29, 1.82) is 0 Å². The normalized spacial score (nSPS) is 49.6. The Labute approximate surface area is 67.0 Å². The third-order valence-electron chi connectivity index (χ3n) is 3.26.